The third-order valence-electron chi connectivity index (χ3n) is 2.85. The monoisotopic (exact) mass is 375 g/mol. The van der Waals surface area contributed by atoms with Crippen molar-refractivity contribution in [2.45, 2.75) is 26.8 Å². The molecule has 0 aliphatic rings. The molecule has 0 fully saturated rings. The number of halogens is 2. The van der Waals surface area contributed by atoms with Crippen LogP contribution in [-0.4, -0.2) is 0 Å². The molecule has 1 aromatic carbocycles. The summed E-state index contributed by atoms with van der Waals surface area (Å²) >= 11 is 8.46. The molecule has 1 N–H and O–H groups in total. The SMILES string of the molecule is Cc1cc(C(C)Nc2cc(I)ccc2Cl)c(C)o1. The van der Waals surface area contributed by atoms with Crippen molar-refractivity contribution in [3.05, 3.63) is 49.9 Å². The minimum Gasteiger partial charge on any atom is -0.466 e. The molecule has 0 aliphatic heterocycles. The third-order valence-corrected chi connectivity index (χ3v) is 3.85. The van der Waals surface area contributed by atoms with Crippen molar-refractivity contribution in [1.29, 1.82) is 0 Å². The maximum Gasteiger partial charge on any atom is 0.106 e. The van der Waals surface area contributed by atoms with Gasteiger partial charge in [-0.3, -0.25) is 0 Å². The van der Waals surface area contributed by atoms with Crippen molar-refractivity contribution in [3.63, 3.8) is 0 Å². The first-order valence-electron chi connectivity index (χ1n) is 5.76. The van der Waals surface area contributed by atoms with Crippen LogP contribution >= 0.6 is 34.2 Å². The van der Waals surface area contributed by atoms with Crippen LogP contribution in [0.3, 0.4) is 0 Å². The van der Waals surface area contributed by atoms with Gasteiger partial charge in [-0.2, -0.15) is 0 Å². The zero-order valence-electron chi connectivity index (χ0n) is 10.6. The molecule has 2 rings (SSSR count). The summed E-state index contributed by atoms with van der Waals surface area (Å²) in [5.74, 6) is 1.89. The molecule has 0 spiro atoms. The molecule has 0 aliphatic carbocycles. The van der Waals surface area contributed by atoms with Gasteiger partial charge in [0.15, 0.2) is 0 Å². The van der Waals surface area contributed by atoms with E-state index in [-0.39, 0.29) is 6.04 Å². The second-order valence-corrected chi connectivity index (χ2v) is 6.01. The number of anilines is 1. The van der Waals surface area contributed by atoms with Crippen LogP contribution < -0.4 is 5.32 Å². The molecular weight excluding hydrogens is 361 g/mol. The molecule has 0 amide bonds. The highest BCUT2D eigenvalue weighted by atomic mass is 127. The van der Waals surface area contributed by atoms with Gasteiger partial charge in [0.1, 0.15) is 11.5 Å². The second kappa shape index (κ2) is 5.53. The van der Waals surface area contributed by atoms with Crippen molar-refractivity contribution in [2.24, 2.45) is 0 Å². The average Bonchev–Trinajstić information content (AvgIpc) is 2.63. The summed E-state index contributed by atoms with van der Waals surface area (Å²) in [6, 6.07) is 8.17. The number of rotatable bonds is 3. The fraction of sp³-hybridized carbons (Fsp3) is 0.286. The fourth-order valence-corrected chi connectivity index (χ4v) is 2.66. The Labute approximate surface area is 126 Å². The third kappa shape index (κ3) is 3.01. The molecule has 1 unspecified atom stereocenters. The van der Waals surface area contributed by atoms with Crippen LogP contribution in [0.2, 0.25) is 5.02 Å². The van der Waals surface area contributed by atoms with Crippen LogP contribution in [0.15, 0.2) is 28.7 Å². The van der Waals surface area contributed by atoms with E-state index < -0.39 is 0 Å². The number of nitrogens with one attached hydrogen (secondary N) is 1. The highest BCUT2D eigenvalue weighted by Gasteiger charge is 2.13. The lowest BCUT2D eigenvalue weighted by atomic mass is 10.1. The van der Waals surface area contributed by atoms with E-state index in [0.717, 1.165) is 25.8 Å². The zero-order chi connectivity index (χ0) is 13.3. The van der Waals surface area contributed by atoms with Crippen LogP contribution in [0.5, 0.6) is 0 Å². The Hall–Kier alpha value is -0.680. The molecule has 2 nitrogen and oxygen atoms in total. The number of furan rings is 1. The Morgan fingerprint density at radius 2 is 2.00 bits per heavy atom. The number of benzene rings is 1. The van der Waals surface area contributed by atoms with Crippen molar-refractivity contribution >= 4 is 39.9 Å². The summed E-state index contributed by atoms with van der Waals surface area (Å²) in [4.78, 5) is 0. The molecular formula is C14H15ClINO. The maximum atomic E-state index is 6.18. The molecule has 2 aromatic rings. The van der Waals surface area contributed by atoms with Crippen LogP contribution in [-0.2, 0) is 0 Å². The first-order valence-corrected chi connectivity index (χ1v) is 7.21. The summed E-state index contributed by atoms with van der Waals surface area (Å²) in [5.41, 5.74) is 2.12. The molecule has 0 saturated heterocycles. The topological polar surface area (TPSA) is 25.2 Å². The van der Waals surface area contributed by atoms with Gasteiger partial charge in [-0.05, 0) is 67.6 Å². The predicted octanol–water partition coefficient (Wildman–Crippen LogP) is 5.33. The van der Waals surface area contributed by atoms with E-state index in [4.69, 9.17) is 16.0 Å². The predicted molar refractivity (Wildman–Crippen MR) is 84.4 cm³/mol. The Morgan fingerprint density at radius 3 is 2.61 bits per heavy atom. The number of hydrogen-bond donors (Lipinski definition) is 1. The molecule has 1 aromatic heterocycles. The van der Waals surface area contributed by atoms with Crippen LogP contribution in [0.1, 0.15) is 30.0 Å². The lowest BCUT2D eigenvalue weighted by molar-refractivity contribution is 0.500. The minimum atomic E-state index is 0.165. The van der Waals surface area contributed by atoms with Crippen LogP contribution in [0.25, 0.3) is 0 Å². The van der Waals surface area contributed by atoms with Gasteiger partial charge in [-0.15, -0.1) is 0 Å². The molecule has 0 radical (unpaired) electrons. The van der Waals surface area contributed by atoms with Gasteiger partial charge < -0.3 is 9.73 Å². The van der Waals surface area contributed by atoms with Gasteiger partial charge in [-0.25, -0.2) is 0 Å². The maximum absolute atomic E-state index is 6.18. The Balaban J connectivity index is 2.23. The fourth-order valence-electron chi connectivity index (χ4n) is 2.00. The van der Waals surface area contributed by atoms with E-state index in [1.165, 1.54) is 5.56 Å². The van der Waals surface area contributed by atoms with Gasteiger partial charge in [0.05, 0.1) is 16.8 Å². The van der Waals surface area contributed by atoms with Crippen molar-refractivity contribution in [2.75, 3.05) is 5.32 Å². The highest BCUT2D eigenvalue weighted by molar-refractivity contribution is 14.1. The molecule has 1 atom stereocenters. The van der Waals surface area contributed by atoms with Gasteiger partial charge in [0.25, 0.3) is 0 Å². The van der Waals surface area contributed by atoms with Crippen molar-refractivity contribution in [3.8, 4) is 0 Å². The second-order valence-electron chi connectivity index (χ2n) is 4.36. The summed E-state index contributed by atoms with van der Waals surface area (Å²) in [6.45, 7) is 6.05. The van der Waals surface area contributed by atoms with Crippen LogP contribution in [0, 0.1) is 17.4 Å². The highest BCUT2D eigenvalue weighted by Crippen LogP contribution is 2.29. The van der Waals surface area contributed by atoms with E-state index in [2.05, 4.69) is 40.9 Å². The zero-order valence-corrected chi connectivity index (χ0v) is 13.5. The van der Waals surface area contributed by atoms with Gasteiger partial charge >= 0.3 is 0 Å². The van der Waals surface area contributed by atoms with Gasteiger partial charge in [0.2, 0.25) is 0 Å². The van der Waals surface area contributed by atoms with E-state index in [1.54, 1.807) is 0 Å². The first-order chi connectivity index (χ1) is 8.47. The average molecular weight is 376 g/mol. The Bertz CT molecular complexity index is 565. The smallest absolute Gasteiger partial charge is 0.106 e. The lowest BCUT2D eigenvalue weighted by Gasteiger charge is -2.16. The quantitative estimate of drug-likeness (QED) is 0.734. The standard InChI is InChI=1S/C14H15ClINO/c1-8-6-12(10(3)18-8)9(2)17-14-7-11(16)4-5-13(14)15/h4-7,9,17H,1-3H3. The van der Waals surface area contributed by atoms with E-state index in [0.29, 0.717) is 0 Å². The normalized spacial score (nSPS) is 12.5. The summed E-state index contributed by atoms with van der Waals surface area (Å²) in [5, 5.41) is 4.16. The van der Waals surface area contributed by atoms with E-state index in [1.807, 2.05) is 32.0 Å². The van der Waals surface area contributed by atoms with E-state index >= 15 is 0 Å². The number of aryl methyl sites for hydroxylation is 2. The summed E-state index contributed by atoms with van der Waals surface area (Å²) < 4.78 is 6.71. The molecule has 96 valence electrons. The summed E-state index contributed by atoms with van der Waals surface area (Å²) in [7, 11) is 0. The molecule has 4 heteroatoms. The molecule has 0 bridgehead atoms. The summed E-state index contributed by atoms with van der Waals surface area (Å²) in [6.07, 6.45) is 0. The van der Waals surface area contributed by atoms with Gasteiger partial charge in [0, 0.05) is 9.13 Å². The molecule has 18 heavy (non-hydrogen) atoms. The van der Waals surface area contributed by atoms with E-state index in [9.17, 15) is 0 Å². The minimum absolute atomic E-state index is 0.165. The largest absolute Gasteiger partial charge is 0.466 e. The van der Waals surface area contributed by atoms with Crippen molar-refractivity contribution in [1.82, 2.24) is 0 Å². The van der Waals surface area contributed by atoms with Gasteiger partial charge in [-0.1, -0.05) is 11.6 Å². The van der Waals surface area contributed by atoms with Crippen molar-refractivity contribution < 1.29 is 4.42 Å². The Morgan fingerprint density at radius 1 is 1.28 bits per heavy atom. The lowest BCUT2D eigenvalue weighted by Crippen LogP contribution is -2.07. The first kappa shape index (κ1) is 13.7. The Kier molecular flexibility index (Phi) is 4.22. The number of hydrogen-bond acceptors (Lipinski definition) is 2. The van der Waals surface area contributed by atoms with Crippen LogP contribution in [0.4, 0.5) is 5.69 Å². The molecule has 0 saturated carbocycles. The molecule has 1 heterocycles.